The standard InChI is InChI=1S/C13H25N3O2S/c1-9-12(18)8-13(15-5-3-7-19)16-10(2)11(17)4-6-14-9/h9-10,13-16,19H,3-8H2,1-2H3/t9-,10-,13?/m0/s1. The van der Waals surface area contributed by atoms with E-state index in [-0.39, 0.29) is 29.8 Å². The van der Waals surface area contributed by atoms with Crippen LogP contribution >= 0.6 is 12.6 Å². The Labute approximate surface area is 120 Å². The molecular formula is C13H25N3O2S. The fourth-order valence-electron chi connectivity index (χ4n) is 2.06. The highest BCUT2D eigenvalue weighted by Gasteiger charge is 2.24. The molecule has 0 amide bonds. The van der Waals surface area contributed by atoms with Gasteiger partial charge in [0.25, 0.3) is 0 Å². The van der Waals surface area contributed by atoms with Gasteiger partial charge >= 0.3 is 0 Å². The first-order valence-corrected chi connectivity index (χ1v) is 7.57. The molecule has 110 valence electrons. The van der Waals surface area contributed by atoms with Crippen LogP contribution in [0.5, 0.6) is 0 Å². The minimum atomic E-state index is -0.225. The average molecular weight is 287 g/mol. The summed E-state index contributed by atoms with van der Waals surface area (Å²) in [7, 11) is 0. The first-order valence-electron chi connectivity index (χ1n) is 6.93. The molecule has 0 saturated carbocycles. The minimum absolute atomic E-state index is 0.145. The smallest absolute Gasteiger partial charge is 0.152 e. The predicted molar refractivity (Wildman–Crippen MR) is 79.6 cm³/mol. The van der Waals surface area contributed by atoms with Crippen molar-refractivity contribution < 1.29 is 9.59 Å². The third-order valence-electron chi connectivity index (χ3n) is 3.37. The second-order valence-electron chi connectivity index (χ2n) is 5.03. The van der Waals surface area contributed by atoms with E-state index in [0.717, 1.165) is 18.7 Å². The lowest BCUT2D eigenvalue weighted by Crippen LogP contribution is -2.53. The zero-order chi connectivity index (χ0) is 14.3. The van der Waals surface area contributed by atoms with Crippen molar-refractivity contribution in [2.45, 2.75) is 51.4 Å². The van der Waals surface area contributed by atoms with E-state index in [2.05, 4.69) is 28.6 Å². The summed E-state index contributed by atoms with van der Waals surface area (Å²) in [6.07, 6.45) is 1.63. The highest BCUT2D eigenvalue weighted by Crippen LogP contribution is 2.02. The zero-order valence-electron chi connectivity index (χ0n) is 11.7. The summed E-state index contributed by atoms with van der Waals surface area (Å²) >= 11 is 4.16. The molecule has 1 aliphatic rings. The van der Waals surface area contributed by atoms with Crippen LogP contribution in [-0.4, -0.2) is 48.7 Å². The minimum Gasteiger partial charge on any atom is -0.307 e. The van der Waals surface area contributed by atoms with E-state index < -0.39 is 0 Å². The fraction of sp³-hybridized carbons (Fsp3) is 0.846. The summed E-state index contributed by atoms with van der Waals surface area (Å²) in [5.74, 6) is 1.15. The molecule has 19 heavy (non-hydrogen) atoms. The number of carbonyl (C=O) groups is 2. The van der Waals surface area contributed by atoms with Gasteiger partial charge in [-0.2, -0.15) is 12.6 Å². The van der Waals surface area contributed by atoms with E-state index in [1.165, 1.54) is 0 Å². The van der Waals surface area contributed by atoms with Crippen molar-refractivity contribution in [3.8, 4) is 0 Å². The summed E-state index contributed by atoms with van der Waals surface area (Å²) in [6, 6.07) is -0.423. The molecule has 5 nitrogen and oxygen atoms in total. The SMILES string of the molecule is C[C@@H]1NCCC(=O)[C@H](C)NC(NCCCS)CC1=O. The third kappa shape index (κ3) is 6.03. The molecule has 0 aromatic carbocycles. The van der Waals surface area contributed by atoms with Gasteiger partial charge in [-0.05, 0) is 32.6 Å². The molecule has 1 aliphatic heterocycles. The Morgan fingerprint density at radius 1 is 1.26 bits per heavy atom. The number of carbonyl (C=O) groups excluding carboxylic acids is 2. The molecule has 0 aliphatic carbocycles. The van der Waals surface area contributed by atoms with E-state index >= 15 is 0 Å². The molecule has 0 aromatic rings. The Morgan fingerprint density at radius 2 is 2.00 bits per heavy atom. The topological polar surface area (TPSA) is 70.2 Å². The maximum atomic E-state index is 12.0. The quantitative estimate of drug-likeness (QED) is 0.436. The van der Waals surface area contributed by atoms with E-state index in [4.69, 9.17) is 0 Å². The number of thiol groups is 1. The summed E-state index contributed by atoms with van der Waals surface area (Å²) < 4.78 is 0. The van der Waals surface area contributed by atoms with E-state index in [0.29, 0.717) is 19.4 Å². The summed E-state index contributed by atoms with van der Waals surface area (Å²) in [6.45, 7) is 5.06. The van der Waals surface area contributed by atoms with Crippen LogP contribution < -0.4 is 16.0 Å². The van der Waals surface area contributed by atoms with Crippen LogP contribution in [0.1, 0.15) is 33.1 Å². The van der Waals surface area contributed by atoms with Crippen LogP contribution in [0.3, 0.4) is 0 Å². The van der Waals surface area contributed by atoms with Crippen LogP contribution in [0.15, 0.2) is 0 Å². The number of Topliss-reactive ketones (excluding diaryl/α,β-unsaturated/α-hetero) is 2. The van der Waals surface area contributed by atoms with Crippen molar-refractivity contribution in [1.82, 2.24) is 16.0 Å². The van der Waals surface area contributed by atoms with Crippen molar-refractivity contribution in [2.75, 3.05) is 18.8 Å². The largest absolute Gasteiger partial charge is 0.307 e. The van der Waals surface area contributed by atoms with Crippen molar-refractivity contribution in [3.05, 3.63) is 0 Å². The molecule has 1 fully saturated rings. The molecule has 1 saturated heterocycles. The van der Waals surface area contributed by atoms with Gasteiger partial charge in [-0.25, -0.2) is 0 Å². The van der Waals surface area contributed by atoms with Gasteiger partial charge in [-0.1, -0.05) is 0 Å². The second kappa shape index (κ2) is 8.68. The summed E-state index contributed by atoms with van der Waals surface area (Å²) in [4.78, 5) is 23.9. The van der Waals surface area contributed by atoms with Crippen molar-refractivity contribution >= 4 is 24.2 Å². The number of hydrogen-bond donors (Lipinski definition) is 4. The van der Waals surface area contributed by atoms with Gasteiger partial charge in [0, 0.05) is 19.4 Å². The highest BCUT2D eigenvalue weighted by molar-refractivity contribution is 7.80. The van der Waals surface area contributed by atoms with E-state index in [1.807, 2.05) is 13.8 Å². The van der Waals surface area contributed by atoms with Gasteiger partial charge in [-0.3, -0.25) is 14.9 Å². The predicted octanol–water partition coefficient (Wildman–Crippen LogP) is 0.110. The highest BCUT2D eigenvalue weighted by atomic mass is 32.1. The first-order chi connectivity index (χ1) is 9.04. The van der Waals surface area contributed by atoms with Crippen LogP contribution in [0.2, 0.25) is 0 Å². The van der Waals surface area contributed by atoms with Gasteiger partial charge in [0.1, 0.15) is 0 Å². The molecule has 6 heteroatoms. The van der Waals surface area contributed by atoms with Crippen LogP contribution in [0.4, 0.5) is 0 Å². The lowest BCUT2D eigenvalue weighted by atomic mass is 10.0. The Hall–Kier alpha value is -0.430. The molecule has 0 aromatic heterocycles. The molecule has 1 heterocycles. The van der Waals surface area contributed by atoms with E-state index in [1.54, 1.807) is 0 Å². The number of hydrogen-bond acceptors (Lipinski definition) is 6. The third-order valence-corrected chi connectivity index (χ3v) is 3.69. The molecule has 0 bridgehead atoms. The summed E-state index contributed by atoms with van der Waals surface area (Å²) in [5, 5.41) is 9.59. The molecule has 0 radical (unpaired) electrons. The molecule has 3 N–H and O–H groups in total. The maximum absolute atomic E-state index is 12.0. The Kier molecular flexibility index (Phi) is 7.60. The molecule has 1 unspecified atom stereocenters. The molecular weight excluding hydrogens is 262 g/mol. The maximum Gasteiger partial charge on any atom is 0.152 e. The monoisotopic (exact) mass is 287 g/mol. The fourth-order valence-corrected chi connectivity index (χ4v) is 2.22. The number of ketones is 2. The van der Waals surface area contributed by atoms with E-state index in [9.17, 15) is 9.59 Å². The Bertz CT molecular complexity index is 312. The van der Waals surface area contributed by atoms with Crippen molar-refractivity contribution in [2.24, 2.45) is 0 Å². The van der Waals surface area contributed by atoms with Crippen molar-refractivity contribution in [1.29, 1.82) is 0 Å². The zero-order valence-corrected chi connectivity index (χ0v) is 12.6. The molecule has 0 spiro atoms. The number of rotatable bonds is 4. The first kappa shape index (κ1) is 16.6. The van der Waals surface area contributed by atoms with Crippen LogP contribution in [0.25, 0.3) is 0 Å². The second-order valence-corrected chi connectivity index (χ2v) is 5.48. The van der Waals surface area contributed by atoms with Gasteiger partial charge in [0.05, 0.1) is 18.2 Å². The Balaban J connectivity index is 2.62. The van der Waals surface area contributed by atoms with Gasteiger partial charge < -0.3 is 10.6 Å². The van der Waals surface area contributed by atoms with Gasteiger partial charge in [0.15, 0.2) is 11.6 Å². The lowest BCUT2D eigenvalue weighted by molar-refractivity contribution is -0.124. The van der Waals surface area contributed by atoms with Gasteiger partial charge in [0.2, 0.25) is 0 Å². The summed E-state index contributed by atoms with van der Waals surface area (Å²) in [5.41, 5.74) is 0. The molecule has 1 rings (SSSR count). The van der Waals surface area contributed by atoms with Crippen molar-refractivity contribution in [3.63, 3.8) is 0 Å². The van der Waals surface area contributed by atoms with Crippen LogP contribution in [0, 0.1) is 0 Å². The normalized spacial score (nSPS) is 30.4. The van der Waals surface area contributed by atoms with Crippen LogP contribution in [-0.2, 0) is 9.59 Å². The molecule has 3 atom stereocenters. The Morgan fingerprint density at radius 3 is 2.68 bits per heavy atom. The average Bonchev–Trinajstić information content (AvgIpc) is 2.37. The van der Waals surface area contributed by atoms with Gasteiger partial charge in [-0.15, -0.1) is 0 Å². The lowest BCUT2D eigenvalue weighted by Gasteiger charge is -2.26. The number of nitrogens with one attached hydrogen (secondary N) is 3.